The molecule has 0 saturated carbocycles. The molecule has 0 aromatic heterocycles. The smallest absolute Gasteiger partial charge is 0.673 e. The van der Waals surface area contributed by atoms with Gasteiger partial charge in [0.15, 0.2) is 0 Å². The molecule has 0 heterocycles. The van der Waals surface area contributed by atoms with E-state index in [1.165, 1.54) is 10.8 Å². The molecule has 4 heteroatoms. The second-order valence-corrected chi connectivity index (χ2v) is 9.12. The molecule has 4 aromatic carbocycles. The Balaban J connectivity index is 0. The fraction of sp³-hybridized carbons (Fsp3) is 0.222. The molecule has 0 fully saturated rings. The van der Waals surface area contributed by atoms with Gasteiger partial charge in [-0.15, -0.1) is 40.6 Å². The standard InChI is InChI=1S/C9H6Br.2C6H5.C4H10N.C2H6Si.Zr/c10-9-5-7-3-1-2-4-8(7)6-9;2*1-2-4-6-5-3-1;1-4(2,3)5;1-3-2;/h1-6H;2*1-5H;5H,1-3H3;1-2H3;/q4*-1;;+4. The first-order valence-corrected chi connectivity index (χ1v) is 12.5. The Kier molecular flexibility index (Phi) is 21.4. The number of halogens is 1. The third-order valence-electron chi connectivity index (χ3n) is 2.80. The zero-order valence-electron chi connectivity index (χ0n) is 19.1. The number of nitrogens with one attached hydrogen (secondary N) is 1. The average Bonchev–Trinajstić information content (AvgIpc) is 3.11. The maximum atomic E-state index is 6.94. The molecule has 0 aliphatic rings. The molecule has 0 saturated heterocycles. The van der Waals surface area contributed by atoms with E-state index in [4.69, 9.17) is 5.73 Å². The van der Waals surface area contributed by atoms with Gasteiger partial charge in [-0.1, -0.05) is 60.3 Å². The first-order valence-electron chi connectivity index (χ1n) is 9.74. The summed E-state index contributed by atoms with van der Waals surface area (Å²) in [4.78, 5) is 0. The number of hydrogen-bond acceptors (Lipinski definition) is 0. The molecule has 2 radical (unpaired) electrons. The van der Waals surface area contributed by atoms with Crippen molar-refractivity contribution in [3.63, 3.8) is 0 Å². The molecule has 31 heavy (non-hydrogen) atoms. The molecule has 160 valence electrons. The first-order chi connectivity index (χ1) is 14.3. The largest absolute Gasteiger partial charge is 4.00 e. The van der Waals surface area contributed by atoms with Gasteiger partial charge in [0.1, 0.15) is 0 Å². The Hall–Kier alpha value is -1.19. The molecule has 0 atom stereocenters. The van der Waals surface area contributed by atoms with Crippen LogP contribution in [-0.2, 0) is 26.2 Å². The van der Waals surface area contributed by atoms with Gasteiger partial charge in [-0.3, -0.25) is 0 Å². The minimum Gasteiger partial charge on any atom is -0.673 e. The van der Waals surface area contributed by atoms with E-state index < -0.39 is 0 Å². The minimum absolute atomic E-state index is 0. The number of rotatable bonds is 0. The predicted octanol–water partition coefficient (Wildman–Crippen LogP) is 8.92. The van der Waals surface area contributed by atoms with Crippen LogP contribution in [0.3, 0.4) is 0 Å². The second-order valence-electron chi connectivity index (χ2n) is 7.21. The van der Waals surface area contributed by atoms with Crippen molar-refractivity contribution < 1.29 is 26.2 Å². The van der Waals surface area contributed by atoms with E-state index in [1.807, 2.05) is 81.4 Å². The van der Waals surface area contributed by atoms with Crippen LogP contribution in [0.25, 0.3) is 16.5 Å². The molecular weight excluding hydrogens is 538 g/mol. The Morgan fingerprint density at radius 3 is 1.48 bits per heavy atom. The molecule has 4 aromatic rings. The molecule has 0 aliphatic carbocycles. The van der Waals surface area contributed by atoms with E-state index >= 15 is 0 Å². The molecule has 0 aliphatic heterocycles. The summed E-state index contributed by atoms with van der Waals surface area (Å²) in [5.74, 6) is 0. The molecule has 0 amide bonds. The average molecular weight is 570 g/mol. The fourth-order valence-electron chi connectivity index (χ4n) is 1.80. The maximum absolute atomic E-state index is 6.94. The van der Waals surface area contributed by atoms with Crippen molar-refractivity contribution in [2.24, 2.45) is 0 Å². The summed E-state index contributed by atoms with van der Waals surface area (Å²) in [6, 6.07) is 37.6. The first kappa shape index (κ1) is 32.0. The third kappa shape index (κ3) is 23.3. The van der Waals surface area contributed by atoms with E-state index in [9.17, 15) is 0 Å². The van der Waals surface area contributed by atoms with Gasteiger partial charge in [0.05, 0.1) is 0 Å². The van der Waals surface area contributed by atoms with Crippen LogP contribution in [0.4, 0.5) is 0 Å². The molecule has 0 unspecified atom stereocenters. The maximum Gasteiger partial charge on any atom is 4.00 e. The molecule has 0 bridgehead atoms. The third-order valence-corrected chi connectivity index (χ3v) is 3.25. The number of hydrogen-bond donors (Lipinski definition) is 0. The van der Waals surface area contributed by atoms with Gasteiger partial charge >= 0.3 is 26.2 Å². The molecular formula is C27H32BrNSiZr. The van der Waals surface area contributed by atoms with Crippen molar-refractivity contribution in [2.75, 3.05) is 0 Å². The summed E-state index contributed by atoms with van der Waals surface area (Å²) in [5.41, 5.74) is 6.69. The van der Waals surface area contributed by atoms with E-state index in [2.05, 4.69) is 77.6 Å². The van der Waals surface area contributed by atoms with Crippen LogP contribution < -0.4 is 0 Å². The zero-order chi connectivity index (χ0) is 22.7. The van der Waals surface area contributed by atoms with E-state index in [-0.39, 0.29) is 31.7 Å². The number of fused-ring (bicyclic) bond motifs is 1. The van der Waals surface area contributed by atoms with Crippen LogP contribution in [-0.4, -0.2) is 15.1 Å². The Bertz CT molecular complexity index is 735. The summed E-state index contributed by atoms with van der Waals surface area (Å²) in [6.07, 6.45) is 0. The quantitative estimate of drug-likeness (QED) is 0.149. The number of benzene rings is 3. The van der Waals surface area contributed by atoms with Crippen LogP contribution in [0.2, 0.25) is 13.1 Å². The van der Waals surface area contributed by atoms with Gasteiger partial charge in [0, 0.05) is 9.52 Å². The molecule has 4 rings (SSSR count). The van der Waals surface area contributed by atoms with Crippen molar-refractivity contribution in [1.82, 2.24) is 0 Å². The van der Waals surface area contributed by atoms with E-state index in [0.29, 0.717) is 0 Å². The Morgan fingerprint density at radius 2 is 1.19 bits per heavy atom. The zero-order valence-corrected chi connectivity index (χ0v) is 24.2. The summed E-state index contributed by atoms with van der Waals surface area (Å²) in [7, 11) is 1.08. The van der Waals surface area contributed by atoms with Crippen LogP contribution in [0.15, 0.2) is 102 Å². The van der Waals surface area contributed by atoms with Gasteiger partial charge in [0.25, 0.3) is 0 Å². The normalized spacial score (nSPS) is 9.00. The van der Waals surface area contributed by atoms with Crippen molar-refractivity contribution in [3.05, 3.63) is 119 Å². The van der Waals surface area contributed by atoms with Gasteiger partial charge in [-0.05, 0) is 0 Å². The SMILES string of the molecule is Brc1cc2ccccc2[cH-]1.CC(C)(C)[NH-].C[Si]C.[Zr+4].[c-]1ccccc1.[c-]1ccccc1. The van der Waals surface area contributed by atoms with Crippen molar-refractivity contribution in [1.29, 1.82) is 0 Å². The molecule has 0 spiro atoms. The van der Waals surface area contributed by atoms with Gasteiger partial charge in [0.2, 0.25) is 0 Å². The van der Waals surface area contributed by atoms with E-state index in [1.54, 1.807) is 0 Å². The van der Waals surface area contributed by atoms with Gasteiger partial charge in [-0.2, -0.15) is 78.9 Å². The Morgan fingerprint density at radius 1 is 0.806 bits per heavy atom. The summed E-state index contributed by atoms with van der Waals surface area (Å²) < 4.78 is 1.16. The van der Waals surface area contributed by atoms with Crippen molar-refractivity contribution >= 4 is 36.2 Å². The fourth-order valence-corrected chi connectivity index (χ4v) is 2.29. The van der Waals surface area contributed by atoms with E-state index in [0.717, 1.165) is 14.0 Å². The minimum atomic E-state index is -0.250. The summed E-state index contributed by atoms with van der Waals surface area (Å²) in [5, 5.41) is 2.60. The Labute approximate surface area is 219 Å². The predicted molar refractivity (Wildman–Crippen MR) is 139 cm³/mol. The molecule has 1 nitrogen and oxygen atoms in total. The van der Waals surface area contributed by atoms with Crippen LogP contribution in [0, 0.1) is 12.1 Å². The molecule has 1 N–H and O–H groups in total. The monoisotopic (exact) mass is 567 g/mol. The van der Waals surface area contributed by atoms with Crippen molar-refractivity contribution in [2.45, 2.75) is 39.4 Å². The topological polar surface area (TPSA) is 23.8 Å². The van der Waals surface area contributed by atoms with Crippen LogP contribution >= 0.6 is 15.9 Å². The van der Waals surface area contributed by atoms with Gasteiger partial charge < -0.3 is 5.73 Å². The van der Waals surface area contributed by atoms with Crippen molar-refractivity contribution in [3.8, 4) is 0 Å². The second kappa shape index (κ2) is 20.7. The summed E-state index contributed by atoms with van der Waals surface area (Å²) in [6.45, 7) is 9.87. The van der Waals surface area contributed by atoms with Crippen LogP contribution in [0.5, 0.6) is 0 Å². The summed E-state index contributed by atoms with van der Waals surface area (Å²) >= 11 is 3.42. The van der Waals surface area contributed by atoms with Gasteiger partial charge in [-0.25, -0.2) is 0 Å². The van der Waals surface area contributed by atoms with Crippen LogP contribution in [0.1, 0.15) is 20.8 Å².